The molecule has 2 aromatic rings. The third kappa shape index (κ3) is 3.77. The number of aryl methyl sites for hydroxylation is 1. The molecule has 1 N–H and O–H groups in total. The molecule has 0 radical (unpaired) electrons. The minimum absolute atomic E-state index is 0.381. The van der Waals surface area contributed by atoms with E-state index in [1.807, 2.05) is 32.9 Å². The SMILES string of the molecule is CCCc1cc(=O)oc2cc(O[C@H](C)[C@@H](C)C(=O)O)c3c(c12)OC(C)(C)C=C3. The first-order valence-electron chi connectivity index (χ1n) is 9.54. The smallest absolute Gasteiger partial charge is 0.336 e. The maximum Gasteiger partial charge on any atom is 0.336 e. The van der Waals surface area contributed by atoms with E-state index < -0.39 is 29.2 Å². The summed E-state index contributed by atoms with van der Waals surface area (Å²) in [6.07, 6.45) is 4.87. The predicted octanol–water partition coefficient (Wildman–Crippen LogP) is 4.42. The van der Waals surface area contributed by atoms with Crippen LogP contribution in [0.1, 0.15) is 52.2 Å². The van der Waals surface area contributed by atoms with Gasteiger partial charge in [0.05, 0.1) is 16.9 Å². The molecule has 150 valence electrons. The number of ether oxygens (including phenoxy) is 2. The highest BCUT2D eigenvalue weighted by Crippen LogP contribution is 2.44. The molecular weight excluding hydrogens is 360 g/mol. The molecule has 0 fully saturated rings. The van der Waals surface area contributed by atoms with E-state index in [1.54, 1.807) is 19.9 Å². The quantitative estimate of drug-likeness (QED) is 0.740. The number of carboxylic acids is 1. The number of carboxylic acid groups (broad SMARTS) is 1. The molecule has 2 heterocycles. The van der Waals surface area contributed by atoms with E-state index in [-0.39, 0.29) is 0 Å². The third-order valence-corrected chi connectivity index (χ3v) is 5.01. The van der Waals surface area contributed by atoms with Crippen molar-refractivity contribution in [3.05, 3.63) is 39.8 Å². The Balaban J connectivity index is 2.24. The first-order valence-corrected chi connectivity index (χ1v) is 9.54. The zero-order chi connectivity index (χ0) is 20.6. The summed E-state index contributed by atoms with van der Waals surface area (Å²) in [5.74, 6) is -0.601. The lowest BCUT2D eigenvalue weighted by Gasteiger charge is -2.31. The van der Waals surface area contributed by atoms with Crippen molar-refractivity contribution in [3.8, 4) is 11.5 Å². The number of hydrogen-bond acceptors (Lipinski definition) is 5. The van der Waals surface area contributed by atoms with E-state index in [0.717, 1.165) is 22.9 Å². The number of benzene rings is 1. The summed E-state index contributed by atoms with van der Waals surface area (Å²) in [6, 6.07) is 3.17. The molecule has 3 rings (SSSR count). The molecule has 0 saturated carbocycles. The average molecular weight is 386 g/mol. The second-order valence-electron chi connectivity index (χ2n) is 7.82. The van der Waals surface area contributed by atoms with Crippen LogP contribution in [0.2, 0.25) is 0 Å². The standard InChI is InChI=1S/C22H26O6/c1-6-7-14-10-18(23)27-17-11-16(26-13(3)12(2)21(24)25)15-8-9-22(4,5)28-20(15)19(14)17/h8-13H,6-7H2,1-5H3,(H,24,25)/t12-,13-/m1/s1. The van der Waals surface area contributed by atoms with Gasteiger partial charge in [0.15, 0.2) is 0 Å². The molecule has 1 aromatic heterocycles. The number of rotatable bonds is 6. The van der Waals surface area contributed by atoms with E-state index in [1.165, 1.54) is 6.07 Å². The molecule has 0 bridgehead atoms. The monoisotopic (exact) mass is 386 g/mol. The fraction of sp³-hybridized carbons (Fsp3) is 0.455. The molecule has 6 heteroatoms. The van der Waals surface area contributed by atoms with Crippen molar-refractivity contribution in [2.75, 3.05) is 0 Å². The van der Waals surface area contributed by atoms with Gasteiger partial charge in [-0.05, 0) is 51.8 Å². The van der Waals surface area contributed by atoms with Gasteiger partial charge in [0.1, 0.15) is 28.8 Å². The van der Waals surface area contributed by atoms with E-state index in [9.17, 15) is 14.7 Å². The highest BCUT2D eigenvalue weighted by molar-refractivity contribution is 5.94. The fourth-order valence-electron chi connectivity index (χ4n) is 3.28. The Morgan fingerprint density at radius 3 is 2.64 bits per heavy atom. The van der Waals surface area contributed by atoms with Gasteiger partial charge >= 0.3 is 11.6 Å². The van der Waals surface area contributed by atoms with Gasteiger partial charge in [-0.3, -0.25) is 4.79 Å². The zero-order valence-electron chi connectivity index (χ0n) is 16.9. The van der Waals surface area contributed by atoms with Gasteiger partial charge in [0.25, 0.3) is 0 Å². The van der Waals surface area contributed by atoms with Crippen molar-refractivity contribution >= 4 is 23.0 Å². The van der Waals surface area contributed by atoms with Gasteiger partial charge in [0, 0.05) is 12.1 Å². The topological polar surface area (TPSA) is 86.0 Å². The Labute approximate surface area is 163 Å². The van der Waals surface area contributed by atoms with Gasteiger partial charge < -0.3 is 19.0 Å². The molecule has 1 aliphatic heterocycles. The van der Waals surface area contributed by atoms with Crippen molar-refractivity contribution in [1.82, 2.24) is 0 Å². The molecular formula is C22H26O6. The Kier molecular flexibility index (Phi) is 5.24. The van der Waals surface area contributed by atoms with Gasteiger partial charge in [-0.2, -0.15) is 0 Å². The summed E-state index contributed by atoms with van der Waals surface area (Å²) < 4.78 is 17.7. The molecule has 0 amide bonds. The number of hydrogen-bond donors (Lipinski definition) is 1. The Hall–Kier alpha value is -2.76. The molecule has 2 atom stereocenters. The lowest BCUT2D eigenvalue weighted by molar-refractivity contribution is -0.143. The van der Waals surface area contributed by atoms with Crippen molar-refractivity contribution in [2.45, 2.75) is 59.2 Å². The highest BCUT2D eigenvalue weighted by atomic mass is 16.5. The first kappa shape index (κ1) is 20.0. The van der Waals surface area contributed by atoms with E-state index in [0.29, 0.717) is 23.5 Å². The Morgan fingerprint density at radius 2 is 2.00 bits per heavy atom. The number of carbonyl (C=O) groups is 1. The van der Waals surface area contributed by atoms with E-state index >= 15 is 0 Å². The highest BCUT2D eigenvalue weighted by Gasteiger charge is 2.30. The summed E-state index contributed by atoms with van der Waals surface area (Å²) >= 11 is 0. The molecule has 0 unspecified atom stereocenters. The maximum atomic E-state index is 12.1. The minimum atomic E-state index is -0.938. The van der Waals surface area contributed by atoms with Gasteiger partial charge in [-0.1, -0.05) is 13.3 Å². The summed E-state index contributed by atoms with van der Waals surface area (Å²) in [5.41, 5.74) is 1.01. The molecule has 1 aromatic carbocycles. The van der Waals surface area contributed by atoms with Crippen LogP contribution in [0.5, 0.6) is 11.5 Å². The predicted molar refractivity (Wildman–Crippen MR) is 107 cm³/mol. The average Bonchev–Trinajstić information content (AvgIpc) is 2.59. The Morgan fingerprint density at radius 1 is 1.29 bits per heavy atom. The van der Waals surface area contributed by atoms with Crippen LogP contribution in [-0.4, -0.2) is 22.8 Å². The van der Waals surface area contributed by atoms with Crippen LogP contribution >= 0.6 is 0 Å². The van der Waals surface area contributed by atoms with Crippen LogP contribution in [0, 0.1) is 5.92 Å². The van der Waals surface area contributed by atoms with Crippen LogP contribution in [0.15, 0.2) is 27.4 Å². The molecule has 1 aliphatic rings. The number of fused-ring (bicyclic) bond motifs is 3. The van der Waals surface area contributed by atoms with Crippen LogP contribution in [0.3, 0.4) is 0 Å². The van der Waals surface area contributed by atoms with Crippen molar-refractivity contribution < 1.29 is 23.8 Å². The van der Waals surface area contributed by atoms with Crippen molar-refractivity contribution in [3.63, 3.8) is 0 Å². The van der Waals surface area contributed by atoms with E-state index in [2.05, 4.69) is 0 Å². The summed E-state index contributed by atoms with van der Waals surface area (Å²) in [6.45, 7) is 9.23. The fourth-order valence-corrected chi connectivity index (χ4v) is 3.28. The lowest BCUT2D eigenvalue weighted by Crippen LogP contribution is -2.30. The van der Waals surface area contributed by atoms with Gasteiger partial charge in [-0.25, -0.2) is 4.79 Å². The van der Waals surface area contributed by atoms with Crippen LogP contribution in [0.4, 0.5) is 0 Å². The van der Waals surface area contributed by atoms with Crippen LogP contribution in [0.25, 0.3) is 17.0 Å². The maximum absolute atomic E-state index is 12.1. The van der Waals surface area contributed by atoms with Crippen LogP contribution < -0.4 is 15.1 Å². The summed E-state index contributed by atoms with van der Waals surface area (Å²) in [5, 5.41) is 10.0. The summed E-state index contributed by atoms with van der Waals surface area (Å²) in [7, 11) is 0. The lowest BCUT2D eigenvalue weighted by atomic mass is 9.96. The molecule has 0 spiro atoms. The second kappa shape index (κ2) is 7.34. The minimum Gasteiger partial charge on any atom is -0.489 e. The van der Waals surface area contributed by atoms with Gasteiger partial charge in [0.2, 0.25) is 0 Å². The largest absolute Gasteiger partial charge is 0.489 e. The van der Waals surface area contributed by atoms with Crippen molar-refractivity contribution in [2.24, 2.45) is 5.92 Å². The summed E-state index contributed by atoms with van der Waals surface area (Å²) in [4.78, 5) is 23.4. The second-order valence-corrected chi connectivity index (χ2v) is 7.82. The van der Waals surface area contributed by atoms with Crippen molar-refractivity contribution in [1.29, 1.82) is 0 Å². The molecule has 0 aliphatic carbocycles. The van der Waals surface area contributed by atoms with Gasteiger partial charge in [-0.15, -0.1) is 0 Å². The zero-order valence-corrected chi connectivity index (χ0v) is 16.9. The molecule has 28 heavy (non-hydrogen) atoms. The molecule has 6 nitrogen and oxygen atoms in total. The van der Waals surface area contributed by atoms with E-state index in [4.69, 9.17) is 13.9 Å². The normalized spacial score (nSPS) is 16.9. The molecule has 0 saturated heterocycles. The first-order chi connectivity index (χ1) is 13.1. The van der Waals surface area contributed by atoms with Crippen LogP contribution in [-0.2, 0) is 11.2 Å². The third-order valence-electron chi connectivity index (χ3n) is 5.01. The Bertz CT molecular complexity index is 998. The number of aliphatic carboxylic acids is 1.